The quantitative estimate of drug-likeness (QED) is 0.475. The van der Waals surface area contributed by atoms with Crippen LogP contribution in [0.15, 0.2) is 12.1 Å². The number of carbonyl (C=O) groups is 1. The molecule has 116 valence electrons. The molecule has 0 bridgehead atoms. The number of nitrogens with one attached hydrogen (secondary N) is 1. The van der Waals surface area contributed by atoms with Crippen LogP contribution in [-0.2, 0) is 0 Å². The smallest absolute Gasteiger partial charge is 0.305 e. The summed E-state index contributed by atoms with van der Waals surface area (Å²) in [4.78, 5) is 21.5. The number of amides is 1. The zero-order valence-electron chi connectivity index (χ0n) is 12.0. The Balaban J connectivity index is 2.87. The average Bonchev–Trinajstić information content (AvgIpc) is 2.38. The van der Waals surface area contributed by atoms with Gasteiger partial charge in [0.15, 0.2) is 0 Å². The van der Waals surface area contributed by atoms with Gasteiger partial charge in [-0.2, -0.15) is 4.39 Å². The van der Waals surface area contributed by atoms with Crippen molar-refractivity contribution in [3.8, 4) is 0 Å². The number of halogens is 2. The van der Waals surface area contributed by atoms with E-state index in [9.17, 15) is 23.7 Å². The van der Waals surface area contributed by atoms with Gasteiger partial charge in [0.05, 0.1) is 4.92 Å². The minimum absolute atomic E-state index is 0.262. The minimum atomic E-state index is -1.45. The first-order valence-electron chi connectivity index (χ1n) is 6.81. The molecular weight excluding hydrogens is 282 g/mol. The van der Waals surface area contributed by atoms with Gasteiger partial charge in [-0.1, -0.05) is 26.2 Å². The second kappa shape index (κ2) is 7.66. The lowest BCUT2D eigenvalue weighted by Crippen LogP contribution is -2.33. The third-order valence-corrected chi connectivity index (χ3v) is 3.11. The van der Waals surface area contributed by atoms with E-state index in [4.69, 9.17) is 0 Å². The van der Waals surface area contributed by atoms with Gasteiger partial charge in [-0.05, 0) is 19.4 Å². The summed E-state index contributed by atoms with van der Waals surface area (Å²) in [6, 6.07) is 1.16. The second-order valence-corrected chi connectivity index (χ2v) is 4.88. The molecule has 0 saturated carbocycles. The van der Waals surface area contributed by atoms with E-state index < -0.39 is 33.7 Å². The first kappa shape index (κ1) is 17.0. The molecule has 1 aromatic rings. The van der Waals surface area contributed by atoms with Gasteiger partial charge in [0.25, 0.3) is 5.91 Å². The van der Waals surface area contributed by atoms with Gasteiger partial charge in [-0.25, -0.2) is 4.39 Å². The summed E-state index contributed by atoms with van der Waals surface area (Å²) in [5.41, 5.74) is -1.83. The number of hydrogen-bond acceptors (Lipinski definition) is 3. The zero-order valence-corrected chi connectivity index (χ0v) is 12.0. The topological polar surface area (TPSA) is 72.2 Å². The summed E-state index contributed by atoms with van der Waals surface area (Å²) in [5, 5.41) is 13.1. The van der Waals surface area contributed by atoms with E-state index in [1.165, 1.54) is 0 Å². The molecule has 1 atom stereocenters. The molecule has 0 aromatic heterocycles. The lowest BCUT2D eigenvalue weighted by Gasteiger charge is -2.14. The number of carbonyl (C=O) groups excluding carboxylic acids is 1. The van der Waals surface area contributed by atoms with Crippen molar-refractivity contribution in [1.82, 2.24) is 5.32 Å². The Kier molecular flexibility index (Phi) is 6.20. The molecule has 5 nitrogen and oxygen atoms in total. The molecule has 0 spiro atoms. The fourth-order valence-corrected chi connectivity index (χ4v) is 1.96. The van der Waals surface area contributed by atoms with Crippen molar-refractivity contribution < 1.29 is 18.5 Å². The lowest BCUT2D eigenvalue weighted by molar-refractivity contribution is -0.387. The minimum Gasteiger partial charge on any atom is -0.349 e. The Hall–Kier alpha value is -2.05. The summed E-state index contributed by atoms with van der Waals surface area (Å²) in [7, 11) is 0. The molecule has 0 aliphatic rings. The van der Waals surface area contributed by atoms with E-state index in [0.717, 1.165) is 25.3 Å². The van der Waals surface area contributed by atoms with Gasteiger partial charge in [-0.3, -0.25) is 14.9 Å². The molecule has 1 rings (SSSR count). The molecule has 0 aliphatic heterocycles. The van der Waals surface area contributed by atoms with Crippen molar-refractivity contribution in [2.45, 2.75) is 45.6 Å². The van der Waals surface area contributed by atoms with Crippen molar-refractivity contribution in [2.75, 3.05) is 0 Å². The predicted octanol–water partition coefficient (Wildman–Crippen LogP) is 3.57. The van der Waals surface area contributed by atoms with Crippen LogP contribution in [0.1, 0.15) is 49.9 Å². The number of rotatable bonds is 7. The molecule has 1 unspecified atom stereocenters. The van der Waals surface area contributed by atoms with Gasteiger partial charge >= 0.3 is 5.69 Å². The molecule has 1 N–H and O–H groups in total. The summed E-state index contributed by atoms with van der Waals surface area (Å²) >= 11 is 0. The highest BCUT2D eigenvalue weighted by molar-refractivity contribution is 5.95. The van der Waals surface area contributed by atoms with E-state index >= 15 is 0 Å². The number of benzene rings is 1. The maximum atomic E-state index is 13.8. The zero-order chi connectivity index (χ0) is 16.0. The molecule has 0 heterocycles. The molecular formula is C14H18F2N2O3. The number of nitro benzene ring substituents is 1. The van der Waals surface area contributed by atoms with Gasteiger partial charge in [0.2, 0.25) is 5.82 Å². The summed E-state index contributed by atoms with van der Waals surface area (Å²) in [5.74, 6) is -3.53. The average molecular weight is 300 g/mol. The van der Waals surface area contributed by atoms with Crippen LogP contribution in [0.25, 0.3) is 0 Å². The van der Waals surface area contributed by atoms with Gasteiger partial charge in [-0.15, -0.1) is 0 Å². The van der Waals surface area contributed by atoms with Crippen LogP contribution in [0.5, 0.6) is 0 Å². The van der Waals surface area contributed by atoms with E-state index in [-0.39, 0.29) is 6.04 Å². The highest BCUT2D eigenvalue weighted by Crippen LogP contribution is 2.23. The van der Waals surface area contributed by atoms with Crippen molar-refractivity contribution >= 4 is 11.6 Å². The highest BCUT2D eigenvalue weighted by Gasteiger charge is 2.26. The van der Waals surface area contributed by atoms with Crippen LogP contribution in [0, 0.1) is 21.7 Å². The van der Waals surface area contributed by atoms with Gasteiger partial charge in [0, 0.05) is 12.1 Å². The Morgan fingerprint density at radius 2 is 2.05 bits per heavy atom. The molecule has 1 aromatic carbocycles. The normalized spacial score (nSPS) is 12.0. The van der Waals surface area contributed by atoms with Crippen LogP contribution in [-0.4, -0.2) is 16.9 Å². The van der Waals surface area contributed by atoms with Gasteiger partial charge < -0.3 is 5.32 Å². The number of nitrogens with zero attached hydrogens (tertiary/aromatic N) is 1. The number of unbranched alkanes of at least 4 members (excludes halogenated alkanes) is 2. The Morgan fingerprint density at radius 3 is 2.62 bits per heavy atom. The lowest BCUT2D eigenvalue weighted by atomic mass is 10.1. The molecule has 0 aliphatic carbocycles. The fourth-order valence-electron chi connectivity index (χ4n) is 1.96. The fraction of sp³-hybridized carbons (Fsp3) is 0.500. The summed E-state index contributed by atoms with van der Waals surface area (Å²) < 4.78 is 27.4. The van der Waals surface area contributed by atoms with E-state index in [1.807, 2.05) is 6.92 Å². The number of nitro groups is 1. The predicted molar refractivity (Wildman–Crippen MR) is 74.1 cm³/mol. The van der Waals surface area contributed by atoms with Crippen LogP contribution in [0.4, 0.5) is 14.5 Å². The molecule has 21 heavy (non-hydrogen) atoms. The van der Waals surface area contributed by atoms with Crippen molar-refractivity contribution in [2.24, 2.45) is 0 Å². The number of hydrogen-bond donors (Lipinski definition) is 1. The Bertz CT molecular complexity index is 535. The van der Waals surface area contributed by atoms with Crippen LogP contribution < -0.4 is 5.32 Å². The van der Waals surface area contributed by atoms with E-state index in [2.05, 4.69) is 5.32 Å². The monoisotopic (exact) mass is 300 g/mol. The summed E-state index contributed by atoms with van der Waals surface area (Å²) in [6.45, 7) is 3.76. The van der Waals surface area contributed by atoms with Crippen molar-refractivity contribution in [3.05, 3.63) is 39.4 Å². The molecule has 7 heteroatoms. The van der Waals surface area contributed by atoms with Crippen LogP contribution in [0.2, 0.25) is 0 Å². The first-order valence-corrected chi connectivity index (χ1v) is 6.81. The highest BCUT2D eigenvalue weighted by atomic mass is 19.1. The van der Waals surface area contributed by atoms with Gasteiger partial charge in [0.1, 0.15) is 11.4 Å². The third-order valence-electron chi connectivity index (χ3n) is 3.11. The van der Waals surface area contributed by atoms with Crippen molar-refractivity contribution in [3.63, 3.8) is 0 Å². The maximum Gasteiger partial charge on any atom is 0.305 e. The van der Waals surface area contributed by atoms with Crippen molar-refractivity contribution in [1.29, 1.82) is 0 Å². The van der Waals surface area contributed by atoms with Crippen LogP contribution >= 0.6 is 0 Å². The molecule has 0 saturated heterocycles. The SMILES string of the molecule is CCCCCC(C)NC(=O)c1c(F)ccc([N+](=O)[O-])c1F. The first-order chi connectivity index (χ1) is 9.88. The second-order valence-electron chi connectivity index (χ2n) is 4.88. The summed E-state index contributed by atoms with van der Waals surface area (Å²) in [6.07, 6.45) is 3.59. The standard InChI is InChI=1S/C14H18F2N2O3/c1-3-4-5-6-9(2)17-14(19)12-10(15)7-8-11(13(12)16)18(20)21/h7-9H,3-6H2,1-2H3,(H,17,19). The van der Waals surface area contributed by atoms with E-state index in [0.29, 0.717) is 12.5 Å². The van der Waals surface area contributed by atoms with Crippen LogP contribution in [0.3, 0.4) is 0 Å². The molecule has 0 radical (unpaired) electrons. The van der Waals surface area contributed by atoms with E-state index in [1.54, 1.807) is 6.92 Å². The molecule has 1 amide bonds. The maximum absolute atomic E-state index is 13.8. The molecule has 0 fully saturated rings. The Labute approximate surface area is 121 Å². The largest absolute Gasteiger partial charge is 0.349 e. The third kappa shape index (κ3) is 4.47. The Morgan fingerprint density at radius 1 is 1.38 bits per heavy atom.